The molecular formula is C25H35N6O6+. The van der Waals surface area contributed by atoms with Gasteiger partial charge in [0.25, 0.3) is 5.56 Å². The highest BCUT2D eigenvalue weighted by atomic mass is 16.6. The molecule has 2 aromatic heterocycles. The van der Waals surface area contributed by atoms with Crippen LogP contribution in [0.2, 0.25) is 0 Å². The Morgan fingerprint density at radius 1 is 1.11 bits per heavy atom. The second kappa shape index (κ2) is 11.5. The lowest BCUT2D eigenvalue weighted by Crippen LogP contribution is -2.44. The number of hydrogen-bond acceptors (Lipinski definition) is 7. The molecule has 0 spiro atoms. The van der Waals surface area contributed by atoms with Gasteiger partial charge in [-0.05, 0) is 83.7 Å². The van der Waals surface area contributed by atoms with Gasteiger partial charge >= 0.3 is 23.4 Å². The van der Waals surface area contributed by atoms with Crippen LogP contribution in [0.4, 0.5) is 4.79 Å². The van der Waals surface area contributed by atoms with Crippen molar-refractivity contribution in [2.75, 3.05) is 13.1 Å². The SMILES string of the molecule is Cc1cc2nc3c(=O)[nH]c(=O)[nH]c3[n+](CCNCCCC[C@H](NC(=O)OC(C)(C)C)C(=O)O)c2cc1C. The summed E-state index contributed by atoms with van der Waals surface area (Å²) in [7, 11) is 0. The van der Waals surface area contributed by atoms with Gasteiger partial charge in [0.15, 0.2) is 5.52 Å². The molecule has 0 unspecified atom stereocenters. The topological polar surface area (TPSA) is 170 Å². The Bertz CT molecular complexity index is 1420. The number of alkyl carbamates (subject to hydrolysis) is 1. The van der Waals surface area contributed by atoms with Crippen molar-refractivity contribution in [3.63, 3.8) is 0 Å². The molecule has 2 heterocycles. The van der Waals surface area contributed by atoms with Crippen LogP contribution < -0.4 is 26.4 Å². The highest BCUT2D eigenvalue weighted by Gasteiger charge is 2.23. The molecule has 12 nitrogen and oxygen atoms in total. The Kier molecular flexibility index (Phi) is 8.64. The lowest BCUT2D eigenvalue weighted by atomic mass is 10.1. The molecule has 0 bridgehead atoms. The summed E-state index contributed by atoms with van der Waals surface area (Å²) < 4.78 is 7.01. The maximum Gasteiger partial charge on any atom is 0.413 e. The molecule has 0 saturated heterocycles. The minimum absolute atomic E-state index is 0.160. The Balaban J connectivity index is 1.61. The number of aromatic amines is 2. The van der Waals surface area contributed by atoms with Gasteiger partial charge in [-0.15, -0.1) is 0 Å². The number of rotatable bonds is 10. The van der Waals surface area contributed by atoms with Crippen molar-refractivity contribution < 1.29 is 24.0 Å². The number of nitrogens with zero attached hydrogens (tertiary/aromatic N) is 2. The number of unbranched alkanes of at least 4 members (excludes halogenated alkanes) is 1. The Labute approximate surface area is 213 Å². The van der Waals surface area contributed by atoms with Crippen molar-refractivity contribution in [3.05, 3.63) is 44.1 Å². The highest BCUT2D eigenvalue weighted by Crippen LogP contribution is 2.16. The van der Waals surface area contributed by atoms with E-state index in [2.05, 4.69) is 25.6 Å². The van der Waals surface area contributed by atoms with Gasteiger partial charge in [-0.1, -0.05) is 0 Å². The van der Waals surface area contributed by atoms with E-state index in [1.165, 1.54) is 0 Å². The van der Waals surface area contributed by atoms with Gasteiger partial charge in [0.05, 0.1) is 0 Å². The van der Waals surface area contributed by atoms with Gasteiger partial charge in [0, 0.05) is 6.54 Å². The zero-order chi connectivity index (χ0) is 27.3. The van der Waals surface area contributed by atoms with Crippen LogP contribution in [0.25, 0.3) is 22.2 Å². The first-order chi connectivity index (χ1) is 17.4. The number of aliphatic carboxylic acids is 1. The van der Waals surface area contributed by atoms with Crippen molar-refractivity contribution in [1.82, 2.24) is 25.6 Å². The molecule has 0 aliphatic rings. The van der Waals surface area contributed by atoms with Crippen LogP contribution in [0.1, 0.15) is 51.2 Å². The third kappa shape index (κ3) is 7.35. The first kappa shape index (κ1) is 27.8. The fourth-order valence-electron chi connectivity index (χ4n) is 3.95. The number of aromatic nitrogens is 4. The number of carboxylic acids is 1. The van der Waals surface area contributed by atoms with Crippen molar-refractivity contribution in [2.45, 2.75) is 72.1 Å². The summed E-state index contributed by atoms with van der Waals surface area (Å²) in [6.07, 6.45) is 0.786. The van der Waals surface area contributed by atoms with E-state index in [0.717, 1.165) is 16.6 Å². The molecule has 37 heavy (non-hydrogen) atoms. The number of benzene rings is 1. The number of carbonyl (C=O) groups excluding carboxylic acids is 1. The Morgan fingerprint density at radius 3 is 2.49 bits per heavy atom. The predicted octanol–water partition coefficient (Wildman–Crippen LogP) is 1.41. The number of carboxylic acid groups (broad SMARTS) is 1. The van der Waals surface area contributed by atoms with Crippen molar-refractivity contribution >= 4 is 34.3 Å². The van der Waals surface area contributed by atoms with Gasteiger partial charge in [-0.3, -0.25) is 9.78 Å². The molecule has 3 rings (SSSR count). The van der Waals surface area contributed by atoms with E-state index in [-0.39, 0.29) is 11.9 Å². The molecule has 5 N–H and O–H groups in total. The lowest BCUT2D eigenvalue weighted by molar-refractivity contribution is -0.645. The maximum atomic E-state index is 12.4. The Hall–Kier alpha value is -3.80. The predicted molar refractivity (Wildman–Crippen MR) is 138 cm³/mol. The number of hydrogen-bond donors (Lipinski definition) is 5. The summed E-state index contributed by atoms with van der Waals surface area (Å²) in [4.78, 5) is 57.1. The van der Waals surface area contributed by atoms with Gasteiger partial charge in [0.1, 0.15) is 23.7 Å². The smallest absolute Gasteiger partial charge is 0.413 e. The number of fused-ring (bicyclic) bond motifs is 2. The van der Waals surface area contributed by atoms with Gasteiger partial charge in [-0.2, -0.15) is 4.98 Å². The van der Waals surface area contributed by atoms with Crippen LogP contribution in [0, 0.1) is 13.8 Å². The molecule has 0 saturated carbocycles. The quantitative estimate of drug-likeness (QED) is 0.153. The molecule has 0 radical (unpaired) electrons. The van der Waals surface area contributed by atoms with Crippen molar-refractivity contribution in [1.29, 1.82) is 0 Å². The summed E-state index contributed by atoms with van der Waals surface area (Å²) in [5.74, 6) is -1.11. The van der Waals surface area contributed by atoms with Crippen LogP contribution in [0.3, 0.4) is 0 Å². The van der Waals surface area contributed by atoms with E-state index >= 15 is 0 Å². The molecular weight excluding hydrogens is 480 g/mol. The molecule has 1 aromatic carbocycles. The van der Waals surface area contributed by atoms with Gasteiger partial charge in [0.2, 0.25) is 5.52 Å². The number of aryl methyl sites for hydroxylation is 2. The van der Waals surface area contributed by atoms with Crippen molar-refractivity contribution in [2.24, 2.45) is 0 Å². The number of carbonyl (C=O) groups is 2. The zero-order valence-electron chi connectivity index (χ0n) is 21.9. The summed E-state index contributed by atoms with van der Waals surface area (Å²) in [6.45, 7) is 10.7. The minimum atomic E-state index is -1.11. The van der Waals surface area contributed by atoms with Gasteiger partial charge in [-0.25, -0.2) is 23.9 Å². The first-order valence-electron chi connectivity index (χ1n) is 12.3. The van der Waals surface area contributed by atoms with Crippen LogP contribution in [0.15, 0.2) is 21.7 Å². The van der Waals surface area contributed by atoms with Gasteiger partial charge < -0.3 is 20.5 Å². The van der Waals surface area contributed by atoms with Crippen LogP contribution in [-0.4, -0.2) is 56.9 Å². The Morgan fingerprint density at radius 2 is 1.81 bits per heavy atom. The molecule has 1 atom stereocenters. The monoisotopic (exact) mass is 515 g/mol. The molecule has 0 aliphatic carbocycles. The van der Waals surface area contributed by atoms with Crippen LogP contribution in [0.5, 0.6) is 0 Å². The van der Waals surface area contributed by atoms with E-state index < -0.39 is 35.0 Å². The molecule has 0 fully saturated rings. The third-order valence-electron chi connectivity index (χ3n) is 5.88. The normalized spacial score (nSPS) is 12.6. The van der Waals surface area contributed by atoms with Crippen LogP contribution in [-0.2, 0) is 16.1 Å². The summed E-state index contributed by atoms with van der Waals surface area (Å²) in [5, 5.41) is 15.1. The summed E-state index contributed by atoms with van der Waals surface area (Å²) in [6, 6.07) is 2.88. The number of H-pyrrole nitrogens is 2. The largest absolute Gasteiger partial charge is 0.480 e. The second-order valence-corrected chi connectivity index (χ2v) is 10.1. The van der Waals surface area contributed by atoms with E-state index in [4.69, 9.17) is 4.74 Å². The highest BCUT2D eigenvalue weighted by molar-refractivity contribution is 5.80. The molecule has 200 valence electrons. The second-order valence-electron chi connectivity index (χ2n) is 10.1. The number of ether oxygens (including phenoxy) is 1. The van der Waals surface area contributed by atoms with E-state index in [1.54, 1.807) is 20.8 Å². The molecule has 3 aromatic rings. The number of nitrogens with one attached hydrogen (secondary N) is 4. The number of amides is 1. The summed E-state index contributed by atoms with van der Waals surface area (Å²) >= 11 is 0. The third-order valence-corrected chi connectivity index (χ3v) is 5.88. The fourth-order valence-corrected chi connectivity index (χ4v) is 3.95. The fraction of sp³-hybridized carbons (Fsp3) is 0.520. The standard InChI is InChI=1S/C25H34N6O6/c1-14-12-17-18(13-15(14)2)31(20-19(27-17)21(32)30-23(35)29-20)11-10-26-9-7-6-8-16(22(33)34)28-24(36)37-25(3,4)5/h12-13,16,26H,6-11H2,1-5H3,(H3,28,30,32,33,34,35,36)/p+1/t16-/m0/s1. The average Bonchev–Trinajstić information content (AvgIpc) is 2.77. The summed E-state index contributed by atoms with van der Waals surface area (Å²) in [5.41, 5.74) is 2.23. The molecule has 1 amide bonds. The average molecular weight is 516 g/mol. The van der Waals surface area contributed by atoms with E-state index in [9.17, 15) is 24.3 Å². The molecule has 12 heteroatoms. The maximum absolute atomic E-state index is 12.4. The molecule has 0 aliphatic heterocycles. The first-order valence-corrected chi connectivity index (χ1v) is 12.3. The minimum Gasteiger partial charge on any atom is -0.480 e. The lowest BCUT2D eigenvalue weighted by Gasteiger charge is -2.22. The van der Waals surface area contributed by atoms with E-state index in [1.807, 2.05) is 30.5 Å². The van der Waals surface area contributed by atoms with Crippen LogP contribution >= 0.6 is 0 Å². The zero-order valence-corrected chi connectivity index (χ0v) is 21.9. The van der Waals surface area contributed by atoms with E-state index in [0.29, 0.717) is 43.6 Å². The van der Waals surface area contributed by atoms with Crippen molar-refractivity contribution in [3.8, 4) is 0 Å².